The minimum atomic E-state index is -0.872. The van der Waals surface area contributed by atoms with Crippen molar-refractivity contribution in [2.24, 2.45) is 5.73 Å². The third-order valence-electron chi connectivity index (χ3n) is 3.05. The number of imidazole rings is 1. The molecular formula is C14H17F2N3. The number of hydrogen-bond acceptors (Lipinski definition) is 2. The summed E-state index contributed by atoms with van der Waals surface area (Å²) >= 11 is 0. The van der Waals surface area contributed by atoms with Gasteiger partial charge in [0.2, 0.25) is 0 Å². The third-order valence-corrected chi connectivity index (χ3v) is 3.05. The van der Waals surface area contributed by atoms with Crippen LogP contribution in [-0.2, 0) is 13.0 Å². The Hall–Kier alpha value is -1.75. The Labute approximate surface area is 111 Å². The highest BCUT2D eigenvalue weighted by atomic mass is 19.2. The number of aryl methyl sites for hydroxylation is 1. The number of hydrogen-bond donors (Lipinski definition) is 1. The van der Waals surface area contributed by atoms with Crippen LogP contribution < -0.4 is 5.73 Å². The Morgan fingerprint density at radius 2 is 2.16 bits per heavy atom. The molecule has 0 aliphatic rings. The summed E-state index contributed by atoms with van der Waals surface area (Å²) < 4.78 is 28.8. The van der Waals surface area contributed by atoms with Crippen molar-refractivity contribution in [3.8, 4) is 0 Å². The maximum absolute atomic E-state index is 13.6. The molecule has 0 amide bonds. The monoisotopic (exact) mass is 265 g/mol. The predicted molar refractivity (Wildman–Crippen MR) is 69.5 cm³/mol. The number of nitrogens with two attached hydrogens (primary N) is 1. The predicted octanol–water partition coefficient (Wildman–Crippen LogP) is 2.81. The number of benzene rings is 1. The highest BCUT2D eigenvalue weighted by Gasteiger charge is 2.17. The standard InChI is InChI=1S/C14H17F2N3/c1-2-7-19-8-6-18-13(19)9-12(17)10-4-3-5-11(15)14(10)16/h3-6,8,12H,2,7,9,17H2,1H3. The lowest BCUT2D eigenvalue weighted by atomic mass is 10.0. The van der Waals surface area contributed by atoms with Crippen LogP contribution in [0.2, 0.25) is 0 Å². The summed E-state index contributed by atoms with van der Waals surface area (Å²) in [7, 11) is 0. The van der Waals surface area contributed by atoms with Crippen LogP contribution in [0.25, 0.3) is 0 Å². The molecule has 0 aliphatic carbocycles. The van der Waals surface area contributed by atoms with E-state index in [4.69, 9.17) is 5.73 Å². The van der Waals surface area contributed by atoms with Gasteiger partial charge in [-0.2, -0.15) is 0 Å². The molecule has 102 valence electrons. The van der Waals surface area contributed by atoms with Crippen LogP contribution >= 0.6 is 0 Å². The SMILES string of the molecule is CCCn1ccnc1CC(N)c1cccc(F)c1F. The Morgan fingerprint density at radius 1 is 1.37 bits per heavy atom. The van der Waals surface area contributed by atoms with Crippen molar-refractivity contribution in [3.63, 3.8) is 0 Å². The molecule has 2 rings (SSSR count). The molecule has 2 N–H and O–H groups in total. The molecule has 2 aromatic rings. The Bertz CT molecular complexity index is 551. The highest BCUT2D eigenvalue weighted by Crippen LogP contribution is 2.20. The van der Waals surface area contributed by atoms with Crippen molar-refractivity contribution in [3.05, 3.63) is 53.6 Å². The first kappa shape index (κ1) is 13.7. The molecule has 0 bridgehead atoms. The van der Waals surface area contributed by atoms with E-state index in [-0.39, 0.29) is 5.56 Å². The molecular weight excluding hydrogens is 248 g/mol. The molecule has 0 aliphatic heterocycles. The quantitative estimate of drug-likeness (QED) is 0.903. The van der Waals surface area contributed by atoms with Gasteiger partial charge < -0.3 is 10.3 Å². The summed E-state index contributed by atoms with van der Waals surface area (Å²) in [5.74, 6) is -0.952. The summed E-state index contributed by atoms with van der Waals surface area (Å²) in [5, 5.41) is 0. The van der Waals surface area contributed by atoms with Gasteiger partial charge in [0, 0.05) is 37.0 Å². The van der Waals surface area contributed by atoms with Crippen LogP contribution in [-0.4, -0.2) is 9.55 Å². The van der Waals surface area contributed by atoms with Crippen LogP contribution in [0.1, 0.15) is 30.8 Å². The zero-order valence-corrected chi connectivity index (χ0v) is 10.8. The maximum Gasteiger partial charge on any atom is 0.163 e. The number of nitrogens with zero attached hydrogens (tertiary/aromatic N) is 2. The van der Waals surface area contributed by atoms with Crippen LogP contribution in [0.15, 0.2) is 30.6 Å². The Morgan fingerprint density at radius 3 is 2.89 bits per heavy atom. The minimum absolute atomic E-state index is 0.186. The first-order valence-electron chi connectivity index (χ1n) is 6.33. The number of rotatable bonds is 5. The van der Waals surface area contributed by atoms with Gasteiger partial charge in [0.15, 0.2) is 11.6 Å². The zero-order chi connectivity index (χ0) is 13.8. The van der Waals surface area contributed by atoms with E-state index >= 15 is 0 Å². The second-order valence-electron chi connectivity index (χ2n) is 4.49. The minimum Gasteiger partial charge on any atom is -0.335 e. The third kappa shape index (κ3) is 2.98. The second kappa shape index (κ2) is 5.93. The first-order chi connectivity index (χ1) is 9.13. The fourth-order valence-corrected chi connectivity index (χ4v) is 2.09. The zero-order valence-electron chi connectivity index (χ0n) is 10.8. The smallest absolute Gasteiger partial charge is 0.163 e. The van der Waals surface area contributed by atoms with Crippen molar-refractivity contribution in [2.75, 3.05) is 0 Å². The summed E-state index contributed by atoms with van der Waals surface area (Å²) in [6, 6.07) is 3.46. The molecule has 0 fully saturated rings. The molecule has 1 aromatic heterocycles. The average molecular weight is 265 g/mol. The average Bonchev–Trinajstić information content (AvgIpc) is 2.80. The largest absolute Gasteiger partial charge is 0.335 e. The lowest BCUT2D eigenvalue weighted by molar-refractivity contribution is 0.484. The summed E-state index contributed by atoms with van der Waals surface area (Å²) in [5.41, 5.74) is 6.15. The van der Waals surface area contributed by atoms with Gasteiger partial charge in [0.25, 0.3) is 0 Å². The molecule has 0 saturated carbocycles. The van der Waals surface area contributed by atoms with E-state index in [1.807, 2.05) is 10.8 Å². The molecule has 0 spiro atoms. The van der Waals surface area contributed by atoms with E-state index in [9.17, 15) is 8.78 Å². The molecule has 5 heteroatoms. The van der Waals surface area contributed by atoms with Gasteiger partial charge in [-0.1, -0.05) is 19.1 Å². The van der Waals surface area contributed by atoms with Crippen LogP contribution in [0.4, 0.5) is 8.78 Å². The van der Waals surface area contributed by atoms with Crippen LogP contribution in [0, 0.1) is 11.6 Å². The Balaban J connectivity index is 2.18. The summed E-state index contributed by atoms with van der Waals surface area (Å²) in [4.78, 5) is 4.22. The van der Waals surface area contributed by atoms with Crippen LogP contribution in [0.5, 0.6) is 0 Å². The van der Waals surface area contributed by atoms with Crippen molar-refractivity contribution in [2.45, 2.75) is 32.4 Å². The molecule has 1 atom stereocenters. The summed E-state index contributed by atoms with van der Waals surface area (Å²) in [6.45, 7) is 2.91. The normalized spacial score (nSPS) is 12.6. The van der Waals surface area contributed by atoms with Crippen LogP contribution in [0.3, 0.4) is 0 Å². The fraction of sp³-hybridized carbons (Fsp3) is 0.357. The van der Waals surface area contributed by atoms with Crippen molar-refractivity contribution >= 4 is 0 Å². The fourth-order valence-electron chi connectivity index (χ4n) is 2.09. The molecule has 1 aromatic carbocycles. The van der Waals surface area contributed by atoms with E-state index in [2.05, 4.69) is 11.9 Å². The van der Waals surface area contributed by atoms with E-state index in [1.165, 1.54) is 12.1 Å². The first-order valence-corrected chi connectivity index (χ1v) is 6.33. The van der Waals surface area contributed by atoms with E-state index in [0.29, 0.717) is 6.42 Å². The maximum atomic E-state index is 13.6. The molecule has 0 saturated heterocycles. The van der Waals surface area contributed by atoms with Gasteiger partial charge >= 0.3 is 0 Å². The summed E-state index contributed by atoms with van der Waals surface area (Å²) in [6.07, 6.45) is 4.92. The molecule has 1 heterocycles. The number of aromatic nitrogens is 2. The molecule has 19 heavy (non-hydrogen) atoms. The highest BCUT2D eigenvalue weighted by molar-refractivity contribution is 5.23. The second-order valence-corrected chi connectivity index (χ2v) is 4.49. The molecule has 1 unspecified atom stereocenters. The van der Waals surface area contributed by atoms with Gasteiger partial charge in [0.1, 0.15) is 5.82 Å². The van der Waals surface area contributed by atoms with Gasteiger partial charge in [-0.05, 0) is 12.5 Å². The number of halogens is 2. The van der Waals surface area contributed by atoms with Gasteiger partial charge in [-0.15, -0.1) is 0 Å². The van der Waals surface area contributed by atoms with Gasteiger partial charge in [-0.3, -0.25) is 0 Å². The lowest BCUT2D eigenvalue weighted by Crippen LogP contribution is -2.18. The van der Waals surface area contributed by atoms with E-state index in [1.54, 1.807) is 6.20 Å². The van der Waals surface area contributed by atoms with Gasteiger partial charge in [0.05, 0.1) is 0 Å². The van der Waals surface area contributed by atoms with E-state index < -0.39 is 17.7 Å². The topological polar surface area (TPSA) is 43.8 Å². The van der Waals surface area contributed by atoms with Crippen molar-refractivity contribution in [1.82, 2.24) is 9.55 Å². The lowest BCUT2D eigenvalue weighted by Gasteiger charge is -2.14. The van der Waals surface area contributed by atoms with Gasteiger partial charge in [-0.25, -0.2) is 13.8 Å². The molecule has 0 radical (unpaired) electrons. The Kier molecular flexibility index (Phi) is 4.27. The molecule has 3 nitrogen and oxygen atoms in total. The van der Waals surface area contributed by atoms with Crippen molar-refractivity contribution in [1.29, 1.82) is 0 Å². The van der Waals surface area contributed by atoms with Crippen molar-refractivity contribution < 1.29 is 8.78 Å². The van der Waals surface area contributed by atoms with E-state index in [0.717, 1.165) is 24.9 Å².